The number of esters is 1. The van der Waals surface area contributed by atoms with E-state index < -0.39 is 12.0 Å². The van der Waals surface area contributed by atoms with Crippen molar-refractivity contribution in [3.05, 3.63) is 63.6 Å². The van der Waals surface area contributed by atoms with Crippen molar-refractivity contribution < 1.29 is 19.0 Å². The van der Waals surface area contributed by atoms with E-state index in [1.165, 1.54) is 7.11 Å². The Morgan fingerprint density at radius 1 is 1.29 bits per heavy atom. The van der Waals surface area contributed by atoms with Gasteiger partial charge in [0.2, 0.25) is 0 Å². The normalized spacial score (nSPS) is 15.4. The molecule has 0 spiro atoms. The van der Waals surface area contributed by atoms with Crippen molar-refractivity contribution in [1.82, 2.24) is 10.6 Å². The summed E-state index contributed by atoms with van der Waals surface area (Å²) in [5.74, 6) is 2.93. The molecule has 1 aliphatic heterocycles. The molecule has 8 heteroatoms. The summed E-state index contributed by atoms with van der Waals surface area (Å²) in [4.78, 5) is 13.0. The minimum absolute atomic E-state index is 0.0934. The van der Waals surface area contributed by atoms with Gasteiger partial charge in [-0.25, -0.2) is 4.79 Å². The first-order valence-electron chi connectivity index (χ1n) is 9.48. The molecule has 2 aromatic rings. The number of thiocarbonyl (C=S) groups is 1. The molecular formula is C23H21BrN2O4S. The van der Waals surface area contributed by atoms with Gasteiger partial charge in [0.05, 0.1) is 35.5 Å². The average molecular weight is 501 g/mol. The van der Waals surface area contributed by atoms with E-state index >= 15 is 0 Å². The molecule has 160 valence electrons. The first-order valence-corrected chi connectivity index (χ1v) is 10.7. The third kappa shape index (κ3) is 5.01. The fourth-order valence-corrected chi connectivity index (χ4v) is 4.03. The summed E-state index contributed by atoms with van der Waals surface area (Å²) in [5, 5.41) is 6.68. The van der Waals surface area contributed by atoms with Crippen molar-refractivity contribution in [2.45, 2.75) is 13.0 Å². The van der Waals surface area contributed by atoms with Crippen LogP contribution >= 0.6 is 28.1 Å². The molecule has 1 atom stereocenters. The first kappa shape index (κ1) is 22.7. The number of carbonyl (C=O) groups excluding carboxylic acids is 1. The molecule has 0 bridgehead atoms. The minimum atomic E-state index is -0.574. The highest BCUT2D eigenvalue weighted by Gasteiger charge is 2.34. The summed E-state index contributed by atoms with van der Waals surface area (Å²) in [7, 11) is 1.53. The second kappa shape index (κ2) is 10.3. The van der Waals surface area contributed by atoms with Gasteiger partial charge in [-0.2, -0.15) is 0 Å². The lowest BCUT2D eigenvalue weighted by molar-refractivity contribution is -0.138. The van der Waals surface area contributed by atoms with Crippen LogP contribution in [0.1, 0.15) is 24.1 Å². The first-order chi connectivity index (χ1) is 15.0. The number of benzene rings is 2. The number of hydrogen-bond donors (Lipinski definition) is 2. The van der Waals surface area contributed by atoms with Crippen LogP contribution in [-0.2, 0) is 9.53 Å². The van der Waals surface area contributed by atoms with Gasteiger partial charge in [0, 0.05) is 0 Å². The molecular weight excluding hydrogens is 480 g/mol. The standard InChI is InChI=1S/C23H21BrN2O4S/c1-4-11-30-21-16(24)12-15(13-17(21)28-3)20-18(22(27)29-5-2)19(25-23(31)26-20)14-9-7-6-8-10-14/h1,6-10,12-13,20H,5,11H2,2-3H3,(H2,25,26,31)/t20-/m0/s1. The summed E-state index contributed by atoms with van der Waals surface area (Å²) < 4.78 is 17.1. The summed E-state index contributed by atoms with van der Waals surface area (Å²) >= 11 is 8.96. The van der Waals surface area contributed by atoms with Crippen molar-refractivity contribution in [1.29, 1.82) is 0 Å². The number of nitrogens with one attached hydrogen (secondary N) is 2. The Hall–Kier alpha value is -3.02. The Morgan fingerprint density at radius 2 is 2.03 bits per heavy atom. The maximum atomic E-state index is 13.0. The lowest BCUT2D eigenvalue weighted by atomic mass is 9.92. The van der Waals surface area contributed by atoms with Gasteiger partial charge in [-0.05, 0) is 58.3 Å². The zero-order chi connectivity index (χ0) is 22.4. The van der Waals surface area contributed by atoms with Crippen LogP contribution in [0.5, 0.6) is 11.5 Å². The number of halogens is 1. The van der Waals surface area contributed by atoms with Crippen LogP contribution in [0.3, 0.4) is 0 Å². The average Bonchev–Trinajstić information content (AvgIpc) is 2.77. The van der Waals surface area contributed by atoms with Crippen molar-refractivity contribution >= 4 is 44.9 Å². The molecule has 3 rings (SSSR count). The molecule has 1 aliphatic rings. The Bertz CT molecular complexity index is 1060. The second-order valence-corrected chi connectivity index (χ2v) is 7.70. The monoisotopic (exact) mass is 500 g/mol. The minimum Gasteiger partial charge on any atom is -0.493 e. The Balaban J connectivity index is 2.18. The van der Waals surface area contributed by atoms with Gasteiger partial charge >= 0.3 is 5.97 Å². The predicted molar refractivity (Wildman–Crippen MR) is 127 cm³/mol. The smallest absolute Gasteiger partial charge is 0.338 e. The SMILES string of the molecule is C#CCOc1c(Br)cc([C@@H]2NC(=S)NC(c3ccccc3)=C2C(=O)OCC)cc1OC. The van der Waals surface area contributed by atoms with Gasteiger partial charge in [-0.15, -0.1) is 6.42 Å². The maximum absolute atomic E-state index is 13.0. The Morgan fingerprint density at radius 3 is 2.68 bits per heavy atom. The highest BCUT2D eigenvalue weighted by molar-refractivity contribution is 9.10. The molecule has 6 nitrogen and oxygen atoms in total. The zero-order valence-corrected chi connectivity index (χ0v) is 19.4. The molecule has 0 saturated heterocycles. The lowest BCUT2D eigenvalue weighted by Gasteiger charge is -2.31. The molecule has 0 aromatic heterocycles. The number of ether oxygens (including phenoxy) is 3. The van der Waals surface area contributed by atoms with Crippen molar-refractivity contribution in [3.63, 3.8) is 0 Å². The fourth-order valence-electron chi connectivity index (χ4n) is 3.24. The van der Waals surface area contributed by atoms with E-state index in [-0.39, 0.29) is 13.2 Å². The molecule has 2 aromatic carbocycles. The van der Waals surface area contributed by atoms with Gasteiger partial charge in [-0.3, -0.25) is 0 Å². The van der Waals surface area contributed by atoms with Crippen LogP contribution < -0.4 is 20.1 Å². The fraction of sp³-hybridized carbons (Fsp3) is 0.217. The van der Waals surface area contributed by atoms with Crippen LogP contribution in [0.15, 0.2) is 52.5 Å². The van der Waals surface area contributed by atoms with E-state index in [9.17, 15) is 4.79 Å². The Labute approximate surface area is 195 Å². The molecule has 0 unspecified atom stereocenters. The van der Waals surface area contributed by atoms with Crippen molar-refractivity contribution in [2.24, 2.45) is 0 Å². The molecule has 0 aliphatic carbocycles. The second-order valence-electron chi connectivity index (χ2n) is 6.43. The molecule has 0 saturated carbocycles. The summed E-state index contributed by atoms with van der Waals surface area (Å²) in [6.45, 7) is 2.10. The summed E-state index contributed by atoms with van der Waals surface area (Å²) in [6.07, 6.45) is 5.31. The largest absolute Gasteiger partial charge is 0.493 e. The summed E-state index contributed by atoms with van der Waals surface area (Å²) in [6, 6.07) is 12.5. The third-order valence-electron chi connectivity index (χ3n) is 4.51. The topological polar surface area (TPSA) is 68.8 Å². The molecule has 0 radical (unpaired) electrons. The van der Waals surface area contributed by atoms with Crippen LogP contribution in [-0.4, -0.2) is 31.4 Å². The summed E-state index contributed by atoms with van der Waals surface area (Å²) in [5.41, 5.74) is 2.56. The number of methoxy groups -OCH3 is 1. The molecule has 31 heavy (non-hydrogen) atoms. The molecule has 0 fully saturated rings. The van der Waals surface area contributed by atoms with Gasteiger partial charge < -0.3 is 24.8 Å². The number of carbonyl (C=O) groups is 1. The van der Waals surface area contributed by atoms with E-state index in [4.69, 9.17) is 32.9 Å². The van der Waals surface area contributed by atoms with Crippen LogP contribution in [0, 0.1) is 12.3 Å². The van der Waals surface area contributed by atoms with E-state index in [1.54, 1.807) is 13.0 Å². The number of rotatable bonds is 7. The molecule has 0 amide bonds. The maximum Gasteiger partial charge on any atom is 0.338 e. The molecule has 2 N–H and O–H groups in total. The van der Waals surface area contributed by atoms with E-state index in [2.05, 4.69) is 32.5 Å². The number of terminal acetylenes is 1. The van der Waals surface area contributed by atoms with Gasteiger partial charge in [0.15, 0.2) is 16.6 Å². The predicted octanol–water partition coefficient (Wildman–Crippen LogP) is 3.96. The quantitative estimate of drug-likeness (QED) is 0.338. The van der Waals surface area contributed by atoms with Gasteiger partial charge in [-0.1, -0.05) is 36.3 Å². The third-order valence-corrected chi connectivity index (χ3v) is 5.32. The molecule has 1 heterocycles. The van der Waals surface area contributed by atoms with Crippen LogP contribution in [0.25, 0.3) is 5.70 Å². The highest BCUT2D eigenvalue weighted by atomic mass is 79.9. The van der Waals surface area contributed by atoms with Gasteiger partial charge in [0.1, 0.15) is 6.61 Å². The van der Waals surface area contributed by atoms with Crippen LogP contribution in [0.4, 0.5) is 0 Å². The van der Waals surface area contributed by atoms with Crippen molar-refractivity contribution in [3.8, 4) is 23.8 Å². The zero-order valence-electron chi connectivity index (χ0n) is 17.0. The lowest BCUT2D eigenvalue weighted by Crippen LogP contribution is -2.45. The highest BCUT2D eigenvalue weighted by Crippen LogP contribution is 2.41. The Kier molecular flexibility index (Phi) is 7.55. The number of hydrogen-bond acceptors (Lipinski definition) is 5. The van der Waals surface area contributed by atoms with Gasteiger partial charge in [0.25, 0.3) is 0 Å². The van der Waals surface area contributed by atoms with E-state index in [0.717, 1.165) is 11.1 Å². The van der Waals surface area contributed by atoms with E-state index in [1.807, 2.05) is 36.4 Å². The van der Waals surface area contributed by atoms with Crippen molar-refractivity contribution in [2.75, 3.05) is 20.3 Å². The van der Waals surface area contributed by atoms with Crippen LogP contribution in [0.2, 0.25) is 0 Å². The van der Waals surface area contributed by atoms with E-state index in [0.29, 0.717) is 32.4 Å².